The molecule has 1 aromatic heterocycles. The zero-order valence-corrected chi connectivity index (χ0v) is 11.1. The summed E-state index contributed by atoms with van der Waals surface area (Å²) in [6.07, 6.45) is 3.35. The molecule has 0 unspecified atom stereocenters. The lowest BCUT2D eigenvalue weighted by Gasteiger charge is -2.06. The van der Waals surface area contributed by atoms with Gasteiger partial charge in [0.05, 0.1) is 0 Å². The quantitative estimate of drug-likeness (QED) is 0.608. The molecule has 0 fully saturated rings. The summed E-state index contributed by atoms with van der Waals surface area (Å²) < 4.78 is 0. The Bertz CT molecular complexity index is 434. The van der Waals surface area contributed by atoms with Crippen LogP contribution in [0.25, 0.3) is 0 Å². The summed E-state index contributed by atoms with van der Waals surface area (Å²) in [5.74, 6) is -0.523. The van der Waals surface area contributed by atoms with Crippen LogP contribution in [0.3, 0.4) is 0 Å². The van der Waals surface area contributed by atoms with Gasteiger partial charge in [0.1, 0.15) is 5.69 Å². The number of anilines is 1. The molecule has 0 saturated heterocycles. The van der Waals surface area contributed by atoms with Crippen LogP contribution in [-0.2, 0) is 4.79 Å². The van der Waals surface area contributed by atoms with Gasteiger partial charge in [-0.3, -0.25) is 14.6 Å². The maximum Gasteiger partial charge on any atom is 0.269 e. The Morgan fingerprint density at radius 3 is 2.84 bits per heavy atom. The average molecular weight is 264 g/mol. The Morgan fingerprint density at radius 2 is 2.16 bits per heavy atom. The van der Waals surface area contributed by atoms with Crippen LogP contribution in [0.5, 0.6) is 0 Å². The molecule has 1 rings (SSSR count). The van der Waals surface area contributed by atoms with Crippen molar-refractivity contribution in [2.45, 2.75) is 26.2 Å². The third kappa shape index (κ3) is 5.85. The molecule has 6 nitrogen and oxygen atoms in total. The van der Waals surface area contributed by atoms with Gasteiger partial charge in [-0.2, -0.15) is 0 Å². The molecule has 0 aliphatic rings. The first-order valence-corrected chi connectivity index (χ1v) is 6.40. The molecule has 1 aromatic rings. The molecule has 1 heterocycles. The van der Waals surface area contributed by atoms with Crippen molar-refractivity contribution in [3.63, 3.8) is 0 Å². The number of hydrogen-bond donors (Lipinski definition) is 3. The fraction of sp³-hybridized carbons (Fsp3) is 0.462. The molecule has 0 bridgehead atoms. The van der Waals surface area contributed by atoms with E-state index in [1.54, 1.807) is 12.3 Å². The van der Waals surface area contributed by atoms with E-state index in [1.165, 1.54) is 0 Å². The SMILES string of the molecule is CCNc1ccnc(C(=O)NCCCCC(N)=O)c1. The molecule has 0 spiro atoms. The number of rotatable bonds is 8. The van der Waals surface area contributed by atoms with Gasteiger partial charge in [-0.25, -0.2) is 0 Å². The second-order valence-electron chi connectivity index (χ2n) is 4.14. The first kappa shape index (κ1) is 14.9. The molecule has 0 aromatic carbocycles. The summed E-state index contributed by atoms with van der Waals surface area (Å²) in [4.78, 5) is 26.4. The van der Waals surface area contributed by atoms with Gasteiger partial charge in [-0.05, 0) is 31.9 Å². The van der Waals surface area contributed by atoms with Gasteiger partial charge in [0.25, 0.3) is 5.91 Å². The molecular weight excluding hydrogens is 244 g/mol. The smallest absolute Gasteiger partial charge is 0.269 e. The second kappa shape index (κ2) is 8.07. The summed E-state index contributed by atoms with van der Waals surface area (Å²) in [5, 5.41) is 5.88. The standard InChI is InChI=1S/C13H20N4O2/c1-2-15-10-6-8-16-11(9-10)13(19)17-7-4-3-5-12(14)18/h6,8-9H,2-5,7H2,1H3,(H2,14,18)(H,15,16)(H,17,19). The van der Waals surface area contributed by atoms with E-state index in [4.69, 9.17) is 5.73 Å². The van der Waals surface area contributed by atoms with Crippen LogP contribution < -0.4 is 16.4 Å². The van der Waals surface area contributed by atoms with Gasteiger partial charge < -0.3 is 16.4 Å². The molecule has 4 N–H and O–H groups in total. The molecule has 0 atom stereocenters. The topological polar surface area (TPSA) is 97.1 Å². The van der Waals surface area contributed by atoms with Crippen molar-refractivity contribution in [3.05, 3.63) is 24.0 Å². The van der Waals surface area contributed by atoms with Crippen molar-refractivity contribution >= 4 is 17.5 Å². The van der Waals surface area contributed by atoms with Crippen LogP contribution >= 0.6 is 0 Å². The Balaban J connectivity index is 2.36. The van der Waals surface area contributed by atoms with E-state index in [1.807, 2.05) is 13.0 Å². The summed E-state index contributed by atoms with van der Waals surface area (Å²) in [7, 11) is 0. The number of nitrogens with one attached hydrogen (secondary N) is 2. The van der Waals surface area contributed by atoms with Gasteiger partial charge in [0, 0.05) is 31.4 Å². The van der Waals surface area contributed by atoms with E-state index in [2.05, 4.69) is 15.6 Å². The third-order valence-corrected chi connectivity index (χ3v) is 2.51. The van der Waals surface area contributed by atoms with Crippen LogP contribution in [0.1, 0.15) is 36.7 Å². The van der Waals surface area contributed by atoms with Crippen LogP contribution in [-0.4, -0.2) is 29.9 Å². The first-order chi connectivity index (χ1) is 9.13. The normalized spacial score (nSPS) is 9.95. The zero-order valence-electron chi connectivity index (χ0n) is 11.1. The highest BCUT2D eigenvalue weighted by molar-refractivity contribution is 5.93. The lowest BCUT2D eigenvalue weighted by molar-refractivity contribution is -0.118. The summed E-state index contributed by atoms with van der Waals surface area (Å²) >= 11 is 0. The largest absolute Gasteiger partial charge is 0.385 e. The summed E-state index contributed by atoms with van der Waals surface area (Å²) in [5.41, 5.74) is 6.28. The Kier molecular flexibility index (Phi) is 6.35. The van der Waals surface area contributed by atoms with Gasteiger partial charge in [0.15, 0.2) is 0 Å². The second-order valence-corrected chi connectivity index (χ2v) is 4.14. The molecule has 104 valence electrons. The number of hydrogen-bond acceptors (Lipinski definition) is 4. The van der Waals surface area contributed by atoms with Crippen molar-refractivity contribution in [2.75, 3.05) is 18.4 Å². The molecule has 0 aliphatic heterocycles. The molecule has 19 heavy (non-hydrogen) atoms. The Hall–Kier alpha value is -2.11. The lowest BCUT2D eigenvalue weighted by atomic mass is 10.2. The van der Waals surface area contributed by atoms with Crippen molar-refractivity contribution in [3.8, 4) is 0 Å². The number of nitrogens with zero attached hydrogens (tertiary/aromatic N) is 1. The van der Waals surface area contributed by atoms with Crippen molar-refractivity contribution in [2.24, 2.45) is 5.73 Å². The number of unbranched alkanes of at least 4 members (excludes halogenated alkanes) is 1. The number of nitrogens with two attached hydrogens (primary N) is 1. The number of carbonyl (C=O) groups is 2. The number of aromatic nitrogens is 1. The number of amides is 2. The Morgan fingerprint density at radius 1 is 1.37 bits per heavy atom. The van der Waals surface area contributed by atoms with E-state index in [9.17, 15) is 9.59 Å². The monoisotopic (exact) mass is 264 g/mol. The predicted molar refractivity (Wildman–Crippen MR) is 73.8 cm³/mol. The van der Waals surface area contributed by atoms with Crippen LogP contribution in [0.4, 0.5) is 5.69 Å². The molecule has 0 saturated carbocycles. The lowest BCUT2D eigenvalue weighted by Crippen LogP contribution is -2.25. The Labute approximate surface area is 112 Å². The number of carbonyl (C=O) groups excluding carboxylic acids is 2. The number of primary amides is 1. The van der Waals surface area contributed by atoms with Crippen LogP contribution in [0.15, 0.2) is 18.3 Å². The minimum Gasteiger partial charge on any atom is -0.385 e. The van der Waals surface area contributed by atoms with E-state index >= 15 is 0 Å². The number of pyridine rings is 1. The van der Waals surface area contributed by atoms with Crippen molar-refractivity contribution < 1.29 is 9.59 Å². The molecule has 6 heteroatoms. The van der Waals surface area contributed by atoms with E-state index < -0.39 is 0 Å². The maximum atomic E-state index is 11.8. The highest BCUT2D eigenvalue weighted by atomic mass is 16.2. The molecule has 0 radical (unpaired) electrons. The average Bonchev–Trinajstić information content (AvgIpc) is 2.38. The fourth-order valence-corrected chi connectivity index (χ4v) is 1.59. The molecular formula is C13H20N4O2. The summed E-state index contributed by atoms with van der Waals surface area (Å²) in [6.45, 7) is 3.29. The van der Waals surface area contributed by atoms with Gasteiger partial charge in [0.2, 0.25) is 5.91 Å². The van der Waals surface area contributed by atoms with Gasteiger partial charge in [-0.1, -0.05) is 0 Å². The molecule has 0 aliphatic carbocycles. The first-order valence-electron chi connectivity index (χ1n) is 6.40. The highest BCUT2D eigenvalue weighted by Crippen LogP contribution is 2.07. The van der Waals surface area contributed by atoms with Crippen molar-refractivity contribution in [1.29, 1.82) is 0 Å². The molecule has 2 amide bonds. The van der Waals surface area contributed by atoms with Crippen LogP contribution in [0.2, 0.25) is 0 Å². The van der Waals surface area contributed by atoms with E-state index in [0.717, 1.165) is 18.7 Å². The zero-order chi connectivity index (χ0) is 14.1. The predicted octanol–water partition coefficient (Wildman–Crippen LogP) is 0.899. The van der Waals surface area contributed by atoms with E-state index in [-0.39, 0.29) is 11.8 Å². The van der Waals surface area contributed by atoms with Crippen LogP contribution in [0, 0.1) is 0 Å². The fourth-order valence-electron chi connectivity index (χ4n) is 1.59. The third-order valence-electron chi connectivity index (χ3n) is 2.51. The van der Waals surface area contributed by atoms with E-state index in [0.29, 0.717) is 25.1 Å². The minimum absolute atomic E-state index is 0.209. The van der Waals surface area contributed by atoms with Gasteiger partial charge >= 0.3 is 0 Å². The van der Waals surface area contributed by atoms with Crippen molar-refractivity contribution in [1.82, 2.24) is 10.3 Å². The maximum absolute atomic E-state index is 11.8. The minimum atomic E-state index is -0.314. The highest BCUT2D eigenvalue weighted by Gasteiger charge is 2.07. The summed E-state index contributed by atoms with van der Waals surface area (Å²) in [6, 6.07) is 3.52. The van der Waals surface area contributed by atoms with Gasteiger partial charge in [-0.15, -0.1) is 0 Å².